The third-order valence-electron chi connectivity index (χ3n) is 1.63. The van der Waals surface area contributed by atoms with Gasteiger partial charge in [-0.3, -0.25) is 0 Å². The van der Waals surface area contributed by atoms with Crippen molar-refractivity contribution in [2.24, 2.45) is 0 Å². The summed E-state index contributed by atoms with van der Waals surface area (Å²) in [5.41, 5.74) is 5.19. The quantitative estimate of drug-likeness (QED) is 0.785. The Labute approximate surface area is 84.2 Å². The molecule has 1 aromatic heterocycles. The van der Waals surface area contributed by atoms with Crippen LogP contribution in [-0.2, 0) is 11.3 Å². The highest BCUT2D eigenvalue weighted by Crippen LogP contribution is 2.14. The van der Waals surface area contributed by atoms with Gasteiger partial charge in [0, 0.05) is 0 Å². The zero-order valence-electron chi connectivity index (χ0n) is 9.19. The minimum Gasteiger partial charge on any atom is -0.381 e. The van der Waals surface area contributed by atoms with Gasteiger partial charge in [0.25, 0.3) is 0 Å². The number of hydrogen-bond donors (Lipinski definition) is 1. The van der Waals surface area contributed by atoms with E-state index in [1.54, 1.807) is 4.80 Å². The van der Waals surface area contributed by atoms with Crippen LogP contribution in [0, 0.1) is 0 Å². The van der Waals surface area contributed by atoms with E-state index in [1.165, 1.54) is 6.20 Å². The van der Waals surface area contributed by atoms with Gasteiger partial charge in [-0.2, -0.15) is 9.90 Å². The Kier molecular flexibility index (Phi) is 3.10. The largest absolute Gasteiger partial charge is 0.381 e. The Balaban J connectivity index is 2.58. The normalized spacial score (nSPS) is 12.4. The molecule has 0 radical (unpaired) electrons. The van der Waals surface area contributed by atoms with Crippen molar-refractivity contribution in [1.82, 2.24) is 15.0 Å². The van der Waals surface area contributed by atoms with Crippen LogP contribution >= 0.6 is 0 Å². The molecule has 5 nitrogen and oxygen atoms in total. The van der Waals surface area contributed by atoms with Gasteiger partial charge < -0.3 is 10.5 Å². The summed E-state index contributed by atoms with van der Waals surface area (Å²) in [6.45, 7) is 8.63. The molecule has 0 aromatic carbocycles. The topological polar surface area (TPSA) is 66.0 Å². The Hall–Kier alpha value is -1.10. The van der Waals surface area contributed by atoms with Crippen LogP contribution in [0.3, 0.4) is 0 Å². The lowest BCUT2D eigenvalue weighted by atomic mass is 10.1. The number of nitrogen functional groups attached to an aromatic ring is 1. The summed E-state index contributed by atoms with van der Waals surface area (Å²) in [5.74, 6) is 0.436. The lowest BCUT2D eigenvalue weighted by molar-refractivity contribution is -0.0691. The van der Waals surface area contributed by atoms with Gasteiger partial charge in [0.05, 0.1) is 24.4 Å². The first-order chi connectivity index (χ1) is 6.39. The van der Waals surface area contributed by atoms with Crippen molar-refractivity contribution in [1.29, 1.82) is 0 Å². The van der Waals surface area contributed by atoms with E-state index in [0.717, 1.165) is 0 Å². The van der Waals surface area contributed by atoms with Crippen LogP contribution in [0.5, 0.6) is 0 Å². The predicted octanol–water partition coefficient (Wildman–Crippen LogP) is 1.06. The van der Waals surface area contributed by atoms with E-state index in [4.69, 9.17) is 10.5 Å². The molecule has 80 valence electrons. The first-order valence-corrected chi connectivity index (χ1v) is 4.72. The summed E-state index contributed by atoms with van der Waals surface area (Å²) in [7, 11) is 0. The van der Waals surface area contributed by atoms with Gasteiger partial charge in [-0.15, -0.1) is 5.10 Å². The maximum atomic E-state index is 5.71. The highest BCUT2D eigenvalue weighted by Gasteiger charge is 2.21. The van der Waals surface area contributed by atoms with E-state index in [2.05, 4.69) is 10.2 Å². The fourth-order valence-corrected chi connectivity index (χ4v) is 1.40. The zero-order valence-corrected chi connectivity index (χ0v) is 9.19. The van der Waals surface area contributed by atoms with Gasteiger partial charge in [-0.1, -0.05) is 0 Å². The number of hydrogen-bond acceptors (Lipinski definition) is 4. The molecule has 0 fully saturated rings. The monoisotopic (exact) mass is 198 g/mol. The number of ether oxygens (including phenoxy) is 1. The van der Waals surface area contributed by atoms with Crippen molar-refractivity contribution in [3.05, 3.63) is 6.20 Å². The number of aromatic nitrogens is 3. The van der Waals surface area contributed by atoms with E-state index in [0.29, 0.717) is 12.4 Å². The summed E-state index contributed by atoms with van der Waals surface area (Å²) >= 11 is 0. The van der Waals surface area contributed by atoms with E-state index in [-0.39, 0.29) is 11.7 Å². The average Bonchev–Trinajstić information content (AvgIpc) is 2.30. The molecule has 14 heavy (non-hydrogen) atoms. The maximum Gasteiger partial charge on any atom is 0.165 e. The molecule has 0 unspecified atom stereocenters. The molecule has 0 amide bonds. The Morgan fingerprint density at radius 1 is 1.57 bits per heavy atom. The summed E-state index contributed by atoms with van der Waals surface area (Å²) in [5, 5.41) is 8.02. The fourth-order valence-electron chi connectivity index (χ4n) is 1.40. The molecule has 0 aliphatic rings. The van der Waals surface area contributed by atoms with Crippen molar-refractivity contribution in [3.8, 4) is 0 Å². The predicted molar refractivity (Wildman–Crippen MR) is 54.7 cm³/mol. The smallest absolute Gasteiger partial charge is 0.165 e. The van der Waals surface area contributed by atoms with Crippen LogP contribution in [0.25, 0.3) is 0 Å². The lowest BCUT2D eigenvalue weighted by Gasteiger charge is -2.26. The molecular formula is C9H18N4O. The van der Waals surface area contributed by atoms with Crippen LogP contribution in [-0.4, -0.2) is 26.7 Å². The van der Waals surface area contributed by atoms with E-state index in [1.807, 2.05) is 27.7 Å². The molecule has 0 spiro atoms. The standard InChI is InChI=1S/C9H18N4O/c1-7(2)14-9(3,4)6-13-11-5-8(10)12-13/h5,7H,6H2,1-4H3,(H2,10,12). The molecule has 0 saturated carbocycles. The number of nitrogens with zero attached hydrogens (tertiary/aromatic N) is 3. The molecule has 5 heteroatoms. The van der Waals surface area contributed by atoms with Crippen LogP contribution in [0.15, 0.2) is 6.20 Å². The van der Waals surface area contributed by atoms with E-state index < -0.39 is 0 Å². The van der Waals surface area contributed by atoms with Crippen molar-refractivity contribution in [3.63, 3.8) is 0 Å². The van der Waals surface area contributed by atoms with E-state index in [9.17, 15) is 0 Å². The second-order valence-electron chi connectivity index (χ2n) is 4.23. The lowest BCUT2D eigenvalue weighted by Crippen LogP contribution is -2.34. The zero-order chi connectivity index (χ0) is 10.8. The fraction of sp³-hybridized carbons (Fsp3) is 0.778. The van der Waals surface area contributed by atoms with Crippen molar-refractivity contribution < 1.29 is 4.74 Å². The number of anilines is 1. The number of rotatable bonds is 4. The Morgan fingerprint density at radius 3 is 2.64 bits per heavy atom. The molecular weight excluding hydrogens is 180 g/mol. The van der Waals surface area contributed by atoms with Gasteiger partial charge in [-0.05, 0) is 27.7 Å². The minimum absolute atomic E-state index is 0.193. The van der Waals surface area contributed by atoms with Gasteiger partial charge in [0.1, 0.15) is 0 Å². The summed E-state index contributed by atoms with van der Waals surface area (Å²) in [6, 6.07) is 0. The highest BCUT2D eigenvalue weighted by molar-refractivity contribution is 5.19. The average molecular weight is 198 g/mol. The molecule has 0 bridgehead atoms. The molecule has 1 aromatic rings. The van der Waals surface area contributed by atoms with Gasteiger partial charge in [0.15, 0.2) is 5.82 Å². The second kappa shape index (κ2) is 3.96. The molecule has 2 N–H and O–H groups in total. The highest BCUT2D eigenvalue weighted by atomic mass is 16.5. The van der Waals surface area contributed by atoms with Crippen molar-refractivity contribution in [2.45, 2.75) is 45.9 Å². The van der Waals surface area contributed by atoms with Crippen molar-refractivity contribution in [2.75, 3.05) is 5.73 Å². The summed E-state index contributed by atoms with van der Waals surface area (Å²) in [6.07, 6.45) is 1.73. The molecule has 0 saturated heterocycles. The Bertz CT molecular complexity index is 293. The summed E-state index contributed by atoms with van der Waals surface area (Å²) < 4.78 is 5.71. The first kappa shape index (κ1) is 11.0. The third-order valence-corrected chi connectivity index (χ3v) is 1.63. The van der Waals surface area contributed by atoms with Crippen LogP contribution in [0.2, 0.25) is 0 Å². The summed E-state index contributed by atoms with van der Waals surface area (Å²) in [4.78, 5) is 1.55. The SMILES string of the molecule is CC(C)OC(C)(C)Cn1ncc(N)n1. The van der Waals surface area contributed by atoms with Crippen LogP contribution in [0.4, 0.5) is 5.82 Å². The first-order valence-electron chi connectivity index (χ1n) is 4.72. The van der Waals surface area contributed by atoms with E-state index >= 15 is 0 Å². The molecule has 0 atom stereocenters. The number of nitrogens with two attached hydrogens (primary N) is 1. The molecule has 0 aliphatic heterocycles. The van der Waals surface area contributed by atoms with Crippen LogP contribution in [0.1, 0.15) is 27.7 Å². The van der Waals surface area contributed by atoms with Crippen molar-refractivity contribution >= 4 is 5.82 Å². The van der Waals surface area contributed by atoms with Gasteiger partial charge in [-0.25, -0.2) is 0 Å². The molecule has 1 heterocycles. The van der Waals surface area contributed by atoms with Gasteiger partial charge >= 0.3 is 0 Å². The van der Waals surface area contributed by atoms with Gasteiger partial charge in [0.2, 0.25) is 0 Å². The maximum absolute atomic E-state index is 5.71. The third kappa shape index (κ3) is 3.33. The molecule has 1 rings (SSSR count). The Morgan fingerprint density at radius 2 is 2.21 bits per heavy atom. The molecule has 0 aliphatic carbocycles. The van der Waals surface area contributed by atoms with Crippen LogP contribution < -0.4 is 5.73 Å². The second-order valence-corrected chi connectivity index (χ2v) is 4.23. The minimum atomic E-state index is -0.278.